The van der Waals surface area contributed by atoms with Gasteiger partial charge in [-0.25, -0.2) is 9.59 Å². The van der Waals surface area contributed by atoms with Crippen LogP contribution < -0.4 is 0 Å². The second kappa shape index (κ2) is 8.60. The van der Waals surface area contributed by atoms with E-state index in [1.165, 1.54) is 11.1 Å². The fourth-order valence-electron chi connectivity index (χ4n) is 8.89. The van der Waals surface area contributed by atoms with Gasteiger partial charge in [0.2, 0.25) is 0 Å². The van der Waals surface area contributed by atoms with Gasteiger partial charge in [0.15, 0.2) is 0 Å². The molecule has 0 radical (unpaired) electrons. The summed E-state index contributed by atoms with van der Waals surface area (Å²) in [5.74, 6) is -0.536. The SMILES string of the molecule is CCn1c(C(=O)O)c2c(c1C(c1ccc(Br)cc1)c1c3c(c(C(=O)O)n1CC)C1CCC3C1)C1CCC2C1. The Balaban J connectivity index is 1.60. The summed E-state index contributed by atoms with van der Waals surface area (Å²) in [6, 6.07) is 8.37. The van der Waals surface area contributed by atoms with Crippen LogP contribution in [0.3, 0.4) is 0 Å². The van der Waals surface area contributed by atoms with Gasteiger partial charge in [-0.1, -0.05) is 28.1 Å². The van der Waals surface area contributed by atoms with Crippen LogP contribution in [0.1, 0.15) is 142 Å². The van der Waals surface area contributed by atoms with Gasteiger partial charge in [-0.15, -0.1) is 0 Å². The molecule has 0 aliphatic heterocycles. The number of hydrogen-bond acceptors (Lipinski definition) is 2. The monoisotopic (exact) mass is 576 g/mol. The summed E-state index contributed by atoms with van der Waals surface area (Å²) in [5.41, 5.74) is 8.77. The largest absolute Gasteiger partial charge is 0.477 e. The van der Waals surface area contributed by atoms with E-state index in [-0.39, 0.29) is 5.92 Å². The standard InChI is InChI=1S/C31H33BrN2O4/c1-3-33-26(21-16-5-7-18(13-16)23(21)28(33)30(35)36)25(15-9-11-20(32)12-10-15)27-22-17-6-8-19(14-17)24(22)29(31(37)38)34(27)4-2/h9-12,16-19,25H,3-8,13-14H2,1-2H3,(H,35,36)(H,37,38). The van der Waals surface area contributed by atoms with Gasteiger partial charge >= 0.3 is 11.9 Å². The second-order valence-electron chi connectivity index (χ2n) is 11.6. The maximum absolute atomic E-state index is 12.8. The first-order valence-corrected chi connectivity index (χ1v) is 14.9. The molecule has 2 N–H and O–H groups in total. The Morgan fingerprint density at radius 2 is 1.16 bits per heavy atom. The Morgan fingerprint density at radius 1 is 0.763 bits per heavy atom. The van der Waals surface area contributed by atoms with Crippen molar-refractivity contribution in [3.8, 4) is 0 Å². The van der Waals surface area contributed by atoms with E-state index in [9.17, 15) is 19.8 Å². The molecule has 2 heterocycles. The minimum atomic E-state index is -0.849. The van der Waals surface area contributed by atoms with Gasteiger partial charge in [0.05, 0.1) is 5.92 Å². The van der Waals surface area contributed by atoms with E-state index in [2.05, 4.69) is 49.3 Å². The summed E-state index contributed by atoms with van der Waals surface area (Å²) in [5, 5.41) is 20.9. The van der Waals surface area contributed by atoms with Crippen molar-refractivity contribution in [1.29, 1.82) is 0 Å². The molecule has 4 bridgehead atoms. The lowest BCUT2D eigenvalue weighted by molar-refractivity contribution is 0.0673. The number of benzene rings is 1. The molecule has 4 atom stereocenters. The van der Waals surface area contributed by atoms with Crippen LogP contribution in [0.5, 0.6) is 0 Å². The van der Waals surface area contributed by atoms with Crippen LogP contribution in [0.15, 0.2) is 28.7 Å². The number of carboxylic acids is 2. The van der Waals surface area contributed by atoms with Gasteiger partial charge in [-0.2, -0.15) is 0 Å². The van der Waals surface area contributed by atoms with E-state index in [4.69, 9.17) is 0 Å². The Bertz CT molecular complexity index is 1410. The van der Waals surface area contributed by atoms with E-state index >= 15 is 0 Å². The quantitative estimate of drug-likeness (QED) is 0.307. The van der Waals surface area contributed by atoms with Crippen molar-refractivity contribution >= 4 is 27.9 Å². The molecule has 7 rings (SSSR count). The Morgan fingerprint density at radius 3 is 1.53 bits per heavy atom. The zero-order valence-electron chi connectivity index (χ0n) is 21.8. The third kappa shape index (κ3) is 3.11. The Labute approximate surface area is 230 Å². The molecule has 2 aromatic heterocycles. The van der Waals surface area contributed by atoms with Gasteiger partial charge in [-0.3, -0.25) is 0 Å². The summed E-state index contributed by atoms with van der Waals surface area (Å²) >= 11 is 3.60. The Kier molecular flexibility index (Phi) is 5.49. The van der Waals surface area contributed by atoms with Gasteiger partial charge < -0.3 is 19.3 Å². The van der Waals surface area contributed by atoms with Gasteiger partial charge in [-0.05, 0) is 116 Å². The molecule has 0 saturated heterocycles. The van der Waals surface area contributed by atoms with Gasteiger partial charge in [0.25, 0.3) is 0 Å². The second-order valence-corrected chi connectivity index (χ2v) is 12.5. The number of aromatic nitrogens is 2. The fourth-order valence-corrected chi connectivity index (χ4v) is 9.16. The van der Waals surface area contributed by atoms with Crippen LogP contribution in [-0.2, 0) is 13.1 Å². The summed E-state index contributed by atoms with van der Waals surface area (Å²) in [6.45, 7) is 5.23. The Hall–Kier alpha value is -2.80. The molecule has 7 heteroatoms. The van der Waals surface area contributed by atoms with Crippen LogP contribution in [0.2, 0.25) is 0 Å². The van der Waals surface area contributed by atoms with Crippen LogP contribution in [0.4, 0.5) is 0 Å². The van der Waals surface area contributed by atoms with Crippen LogP contribution in [0, 0.1) is 0 Å². The molecule has 4 aliphatic carbocycles. The van der Waals surface area contributed by atoms with Crippen LogP contribution in [0.25, 0.3) is 0 Å². The third-order valence-corrected chi connectivity index (χ3v) is 10.6. The molecule has 198 valence electrons. The summed E-state index contributed by atoms with van der Waals surface area (Å²) < 4.78 is 5.12. The van der Waals surface area contributed by atoms with Crippen LogP contribution in [-0.4, -0.2) is 31.3 Å². The number of hydrogen-bond donors (Lipinski definition) is 2. The van der Waals surface area contributed by atoms with Crippen molar-refractivity contribution in [2.75, 3.05) is 0 Å². The van der Waals surface area contributed by atoms with Gasteiger partial charge in [0, 0.05) is 29.0 Å². The van der Waals surface area contributed by atoms with E-state index in [1.807, 2.05) is 13.8 Å². The van der Waals surface area contributed by atoms with Crippen molar-refractivity contribution in [1.82, 2.24) is 9.13 Å². The van der Waals surface area contributed by atoms with Crippen molar-refractivity contribution < 1.29 is 19.8 Å². The highest BCUT2D eigenvalue weighted by molar-refractivity contribution is 9.10. The average molecular weight is 578 g/mol. The zero-order chi connectivity index (χ0) is 26.5. The van der Waals surface area contributed by atoms with Gasteiger partial charge in [0.1, 0.15) is 11.4 Å². The van der Waals surface area contributed by atoms with E-state index in [0.29, 0.717) is 48.1 Å². The first-order chi connectivity index (χ1) is 18.3. The highest BCUT2D eigenvalue weighted by Crippen LogP contribution is 2.61. The van der Waals surface area contributed by atoms with Crippen LogP contribution >= 0.6 is 15.9 Å². The topological polar surface area (TPSA) is 84.5 Å². The summed E-state index contributed by atoms with van der Waals surface area (Å²) in [4.78, 5) is 25.5. The summed E-state index contributed by atoms with van der Waals surface area (Å²) in [6.07, 6.45) is 6.38. The normalized spacial score (nSPS) is 25.1. The lowest BCUT2D eigenvalue weighted by atomic mass is 9.81. The first kappa shape index (κ1) is 24.3. The van der Waals surface area contributed by atoms with Crippen molar-refractivity contribution in [2.24, 2.45) is 0 Å². The number of fused-ring (bicyclic) bond motifs is 10. The minimum Gasteiger partial charge on any atom is -0.477 e. The predicted octanol–water partition coefficient (Wildman–Crippen LogP) is 7.40. The lowest BCUT2D eigenvalue weighted by Gasteiger charge is -2.28. The summed E-state index contributed by atoms with van der Waals surface area (Å²) in [7, 11) is 0. The molecular formula is C31H33BrN2O4. The van der Waals surface area contributed by atoms with Crippen molar-refractivity contribution in [2.45, 2.75) is 95.1 Å². The fraction of sp³-hybridized carbons (Fsp3) is 0.484. The molecule has 38 heavy (non-hydrogen) atoms. The predicted molar refractivity (Wildman–Crippen MR) is 148 cm³/mol. The molecule has 4 unspecified atom stereocenters. The molecule has 6 nitrogen and oxygen atoms in total. The number of carboxylic acid groups (broad SMARTS) is 2. The molecule has 3 aromatic rings. The highest BCUT2D eigenvalue weighted by Gasteiger charge is 2.50. The zero-order valence-corrected chi connectivity index (χ0v) is 23.4. The number of carbonyl (C=O) groups is 2. The first-order valence-electron chi connectivity index (χ1n) is 14.1. The lowest BCUT2D eigenvalue weighted by Crippen LogP contribution is -2.21. The molecule has 4 aliphatic rings. The number of halogens is 1. The average Bonchev–Trinajstić information content (AvgIpc) is 3.72. The molecule has 1 aromatic carbocycles. The van der Waals surface area contributed by atoms with E-state index in [0.717, 1.165) is 71.1 Å². The number of rotatable bonds is 7. The minimum absolute atomic E-state index is 0.217. The highest BCUT2D eigenvalue weighted by atomic mass is 79.9. The van der Waals surface area contributed by atoms with E-state index in [1.54, 1.807) is 0 Å². The molecule has 2 fully saturated rings. The van der Waals surface area contributed by atoms with Crippen molar-refractivity contribution in [3.63, 3.8) is 0 Å². The maximum atomic E-state index is 12.8. The molecule has 0 spiro atoms. The number of aromatic carboxylic acids is 2. The maximum Gasteiger partial charge on any atom is 0.352 e. The molecule has 0 amide bonds. The van der Waals surface area contributed by atoms with E-state index < -0.39 is 11.9 Å². The third-order valence-electron chi connectivity index (χ3n) is 10.0. The molecular weight excluding hydrogens is 544 g/mol. The molecule has 2 saturated carbocycles. The van der Waals surface area contributed by atoms with Crippen molar-refractivity contribution in [3.05, 3.63) is 79.3 Å². The smallest absolute Gasteiger partial charge is 0.352 e. The number of nitrogens with zero attached hydrogens (tertiary/aromatic N) is 2.